The summed E-state index contributed by atoms with van der Waals surface area (Å²) in [6.07, 6.45) is 11.4. The summed E-state index contributed by atoms with van der Waals surface area (Å²) in [6.45, 7) is 18.9. The second kappa shape index (κ2) is 14.3. The fraction of sp³-hybridized carbons (Fsp3) is 0.515. The highest BCUT2D eigenvalue weighted by Gasteiger charge is 2.45. The van der Waals surface area contributed by atoms with Crippen molar-refractivity contribution in [3.8, 4) is 5.75 Å². The van der Waals surface area contributed by atoms with Crippen LogP contribution >= 0.6 is 0 Å². The molecule has 242 valence electrons. The number of hydrogen-bond donors (Lipinski definition) is 0. The molecule has 2 aromatic heterocycles. The van der Waals surface area contributed by atoms with Crippen LogP contribution in [0.1, 0.15) is 47.1 Å². The topological polar surface area (TPSA) is 105 Å². The fourth-order valence-electron chi connectivity index (χ4n) is 5.54. The SMILES string of the molecule is C=C/C(=C\C=C(/C)n1cnn(C(C)CC)c1=O)N1CCN(c2ccc(OCC3COC(Cn4nccn4)(C(C)C)O3)cc2)CC1. The van der Waals surface area contributed by atoms with E-state index in [1.807, 2.05) is 51.1 Å². The smallest absolute Gasteiger partial charge is 0.350 e. The molecule has 0 aliphatic carbocycles. The third kappa shape index (κ3) is 7.39. The Bertz CT molecular complexity index is 1520. The molecule has 1 aromatic carbocycles. The second-order valence-electron chi connectivity index (χ2n) is 11.9. The Morgan fingerprint density at radius 1 is 1.09 bits per heavy atom. The molecule has 3 aromatic rings. The molecule has 2 aliphatic rings. The molecular weight excluding hydrogens is 572 g/mol. The predicted molar refractivity (Wildman–Crippen MR) is 174 cm³/mol. The highest BCUT2D eigenvalue weighted by atomic mass is 16.8. The van der Waals surface area contributed by atoms with E-state index in [1.54, 1.807) is 28.1 Å². The number of piperazine rings is 1. The largest absolute Gasteiger partial charge is 0.491 e. The van der Waals surface area contributed by atoms with Crippen LogP contribution in [0.2, 0.25) is 0 Å². The van der Waals surface area contributed by atoms with Gasteiger partial charge < -0.3 is 24.0 Å². The van der Waals surface area contributed by atoms with Crippen molar-refractivity contribution in [2.75, 3.05) is 44.3 Å². The molecule has 0 amide bonds. The number of rotatable bonds is 13. The Hall–Kier alpha value is -4.16. The molecular formula is C33H46N8O4. The van der Waals surface area contributed by atoms with E-state index in [0.717, 1.165) is 55.4 Å². The maximum absolute atomic E-state index is 12.8. The van der Waals surface area contributed by atoms with Gasteiger partial charge in [-0.25, -0.2) is 9.48 Å². The van der Waals surface area contributed by atoms with Crippen LogP contribution in [-0.4, -0.2) is 85.5 Å². The molecule has 3 atom stereocenters. The van der Waals surface area contributed by atoms with Crippen LogP contribution in [0, 0.1) is 5.92 Å². The van der Waals surface area contributed by atoms with Crippen molar-refractivity contribution in [2.24, 2.45) is 5.92 Å². The van der Waals surface area contributed by atoms with Gasteiger partial charge in [0.25, 0.3) is 0 Å². The van der Waals surface area contributed by atoms with E-state index in [1.165, 1.54) is 4.68 Å². The van der Waals surface area contributed by atoms with Crippen LogP contribution in [0.15, 0.2) is 78.3 Å². The van der Waals surface area contributed by atoms with E-state index in [-0.39, 0.29) is 23.8 Å². The Balaban J connectivity index is 1.12. The summed E-state index contributed by atoms with van der Waals surface area (Å²) in [6, 6.07) is 8.29. The number of aromatic nitrogens is 6. The first-order chi connectivity index (χ1) is 21.7. The maximum Gasteiger partial charge on any atom is 0.350 e. The minimum atomic E-state index is -0.772. The maximum atomic E-state index is 12.8. The lowest BCUT2D eigenvalue weighted by Gasteiger charge is -2.37. The van der Waals surface area contributed by atoms with E-state index in [4.69, 9.17) is 14.2 Å². The average Bonchev–Trinajstić information content (AvgIpc) is 3.82. The molecule has 5 rings (SSSR count). The first-order valence-electron chi connectivity index (χ1n) is 15.8. The molecule has 4 heterocycles. The summed E-state index contributed by atoms with van der Waals surface area (Å²) in [5.41, 5.74) is 2.88. The van der Waals surface area contributed by atoms with Crippen LogP contribution in [0.4, 0.5) is 5.69 Å². The van der Waals surface area contributed by atoms with Gasteiger partial charge in [-0.1, -0.05) is 27.4 Å². The lowest BCUT2D eigenvalue weighted by atomic mass is 10.0. The fourth-order valence-corrected chi connectivity index (χ4v) is 5.54. The third-order valence-corrected chi connectivity index (χ3v) is 8.66. The minimum absolute atomic E-state index is 0.0649. The number of allylic oxidation sites excluding steroid dienone is 4. The normalized spacial score (nSPS) is 21.9. The van der Waals surface area contributed by atoms with Crippen LogP contribution in [0.3, 0.4) is 0 Å². The summed E-state index contributed by atoms with van der Waals surface area (Å²) < 4.78 is 21.7. The zero-order valence-corrected chi connectivity index (χ0v) is 27.1. The summed E-state index contributed by atoms with van der Waals surface area (Å²) in [4.78, 5) is 19.0. The van der Waals surface area contributed by atoms with Gasteiger partial charge in [0.1, 0.15) is 31.3 Å². The van der Waals surface area contributed by atoms with Gasteiger partial charge in [0.2, 0.25) is 0 Å². The summed E-state index contributed by atoms with van der Waals surface area (Å²) in [5.74, 6) is 0.152. The molecule has 3 unspecified atom stereocenters. The van der Waals surface area contributed by atoms with Crippen molar-refractivity contribution < 1.29 is 14.2 Å². The van der Waals surface area contributed by atoms with Crippen molar-refractivity contribution in [3.63, 3.8) is 0 Å². The monoisotopic (exact) mass is 618 g/mol. The van der Waals surface area contributed by atoms with Crippen LogP contribution in [-0.2, 0) is 16.0 Å². The number of ether oxygens (including phenoxy) is 3. The lowest BCUT2D eigenvalue weighted by molar-refractivity contribution is -0.211. The average molecular weight is 619 g/mol. The Labute approximate surface area is 265 Å². The quantitative estimate of drug-likeness (QED) is 0.261. The highest BCUT2D eigenvalue weighted by Crippen LogP contribution is 2.33. The van der Waals surface area contributed by atoms with E-state index in [2.05, 4.69) is 57.7 Å². The zero-order valence-electron chi connectivity index (χ0n) is 27.1. The third-order valence-electron chi connectivity index (χ3n) is 8.66. The van der Waals surface area contributed by atoms with Crippen LogP contribution < -0.4 is 15.3 Å². The number of anilines is 1. The molecule has 2 fully saturated rings. The molecule has 45 heavy (non-hydrogen) atoms. The van der Waals surface area contributed by atoms with Gasteiger partial charge in [-0.2, -0.15) is 20.1 Å². The van der Waals surface area contributed by atoms with Crippen LogP contribution in [0.5, 0.6) is 5.75 Å². The first kappa shape index (κ1) is 32.2. The summed E-state index contributed by atoms with van der Waals surface area (Å²) >= 11 is 0. The molecule has 0 spiro atoms. The molecule has 0 bridgehead atoms. The Morgan fingerprint density at radius 2 is 1.80 bits per heavy atom. The van der Waals surface area contributed by atoms with Gasteiger partial charge in [-0.05, 0) is 62.8 Å². The van der Waals surface area contributed by atoms with E-state index in [0.29, 0.717) is 19.8 Å². The lowest BCUT2D eigenvalue weighted by Crippen LogP contribution is -2.45. The van der Waals surface area contributed by atoms with Crippen molar-refractivity contribution >= 4 is 11.4 Å². The predicted octanol–water partition coefficient (Wildman–Crippen LogP) is 4.21. The Morgan fingerprint density at radius 3 is 2.44 bits per heavy atom. The van der Waals surface area contributed by atoms with E-state index < -0.39 is 5.79 Å². The van der Waals surface area contributed by atoms with Gasteiger partial charge in [-0.3, -0.25) is 4.57 Å². The van der Waals surface area contributed by atoms with E-state index >= 15 is 0 Å². The Kier molecular flexibility index (Phi) is 10.2. The zero-order chi connectivity index (χ0) is 32.0. The highest BCUT2D eigenvalue weighted by molar-refractivity contribution is 5.50. The first-order valence-corrected chi connectivity index (χ1v) is 15.8. The molecule has 0 N–H and O–H groups in total. The van der Waals surface area contributed by atoms with Crippen LogP contribution in [0.25, 0.3) is 5.70 Å². The second-order valence-corrected chi connectivity index (χ2v) is 11.9. The van der Waals surface area contributed by atoms with E-state index in [9.17, 15) is 4.79 Å². The molecule has 12 heteroatoms. The van der Waals surface area contributed by atoms with Crippen molar-refractivity contribution in [2.45, 2.75) is 65.5 Å². The van der Waals surface area contributed by atoms with Gasteiger partial charge in [0.05, 0.1) is 25.0 Å². The standard InChI is InChI=1S/C33H46N8O4/c1-7-26(5)41-32(42)39(24-36-41)27(6)9-10-28(8-2)37-17-19-38(20-18-37)29-11-13-30(14-12-29)43-21-31-22-44-33(45-31,25(3)4)23-40-34-15-16-35-40/h8-16,24-26,31H,2,7,17-23H2,1,3-6H3/b27-9+,28-10+. The molecule has 2 aliphatic heterocycles. The van der Waals surface area contributed by atoms with Gasteiger partial charge >= 0.3 is 5.69 Å². The molecule has 2 saturated heterocycles. The summed E-state index contributed by atoms with van der Waals surface area (Å²) in [7, 11) is 0. The number of nitrogens with zero attached hydrogens (tertiary/aromatic N) is 8. The summed E-state index contributed by atoms with van der Waals surface area (Å²) in [5, 5.41) is 12.7. The van der Waals surface area contributed by atoms with Gasteiger partial charge in [0, 0.05) is 49.2 Å². The van der Waals surface area contributed by atoms with Crippen molar-refractivity contribution in [1.29, 1.82) is 0 Å². The van der Waals surface area contributed by atoms with Gasteiger partial charge in [0.15, 0.2) is 5.79 Å². The van der Waals surface area contributed by atoms with Crippen molar-refractivity contribution in [3.05, 3.63) is 84.0 Å². The molecule has 0 saturated carbocycles. The number of benzene rings is 1. The van der Waals surface area contributed by atoms with Crippen molar-refractivity contribution in [1.82, 2.24) is 34.2 Å². The number of hydrogen-bond acceptors (Lipinski definition) is 9. The molecule has 12 nitrogen and oxygen atoms in total. The minimum Gasteiger partial charge on any atom is -0.491 e. The molecule has 0 radical (unpaired) electrons. The van der Waals surface area contributed by atoms with Gasteiger partial charge in [-0.15, -0.1) is 0 Å².